The number of carbonyl (C=O) groups excluding carboxylic acids is 1. The molecule has 1 fully saturated rings. The van der Waals surface area contributed by atoms with Gasteiger partial charge >= 0.3 is 11.9 Å². The molecule has 1 N–H and O–H groups in total. The molecule has 8 nitrogen and oxygen atoms in total. The number of carboxylic acid groups (broad SMARTS) is 1. The van der Waals surface area contributed by atoms with Gasteiger partial charge in [0.2, 0.25) is 0 Å². The minimum absolute atomic E-state index is 0.155. The molecule has 1 unspecified atom stereocenters. The predicted octanol–water partition coefficient (Wildman–Crippen LogP) is 2.97. The number of hydrogen-bond donors (Lipinski definition) is 1. The zero-order valence-electron chi connectivity index (χ0n) is 19.9. The number of rotatable bonds is 8. The number of esters is 1. The van der Waals surface area contributed by atoms with E-state index in [9.17, 15) is 14.7 Å². The van der Waals surface area contributed by atoms with Crippen molar-refractivity contribution >= 4 is 23.3 Å². The second-order valence-electron chi connectivity index (χ2n) is 8.91. The Morgan fingerprint density at radius 3 is 2.44 bits per heavy atom. The molecule has 2 aliphatic heterocycles. The summed E-state index contributed by atoms with van der Waals surface area (Å²) >= 11 is 0. The maximum absolute atomic E-state index is 12.6. The molecule has 8 heteroatoms. The molecule has 0 bridgehead atoms. The summed E-state index contributed by atoms with van der Waals surface area (Å²) < 4.78 is 10.9. The van der Waals surface area contributed by atoms with Crippen LogP contribution < -0.4 is 4.74 Å². The number of carboxylic acids is 1. The predicted molar refractivity (Wildman–Crippen MR) is 129 cm³/mol. The van der Waals surface area contributed by atoms with Gasteiger partial charge in [0.1, 0.15) is 12.4 Å². The first-order valence-electron chi connectivity index (χ1n) is 11.5. The Morgan fingerprint density at radius 1 is 1.09 bits per heavy atom. The Kier molecular flexibility index (Phi) is 7.00. The van der Waals surface area contributed by atoms with Crippen molar-refractivity contribution in [2.24, 2.45) is 4.99 Å². The molecule has 34 heavy (non-hydrogen) atoms. The lowest BCUT2D eigenvalue weighted by molar-refractivity contribution is -0.137. The lowest BCUT2D eigenvalue weighted by atomic mass is 9.70. The quantitative estimate of drug-likeness (QED) is 0.599. The van der Waals surface area contributed by atoms with Crippen molar-refractivity contribution < 1.29 is 24.2 Å². The first-order valence-corrected chi connectivity index (χ1v) is 11.5. The fraction of sp³-hybridized carbons (Fsp3) is 0.423. The SMILES string of the molecule is COc1ccc2c(c1)C(CC(=O)O)(c1ccc(C(=O)OCCN3CCN(C)CC3)cc1)C(C)=N2. The van der Waals surface area contributed by atoms with Crippen molar-refractivity contribution in [1.29, 1.82) is 0 Å². The van der Waals surface area contributed by atoms with Crippen molar-refractivity contribution in [3.63, 3.8) is 0 Å². The van der Waals surface area contributed by atoms with Gasteiger partial charge in [-0.3, -0.25) is 14.7 Å². The van der Waals surface area contributed by atoms with Gasteiger partial charge in [0.15, 0.2) is 0 Å². The summed E-state index contributed by atoms with van der Waals surface area (Å²) in [6.45, 7) is 6.88. The molecule has 0 aromatic heterocycles. The van der Waals surface area contributed by atoms with Gasteiger partial charge in [-0.25, -0.2) is 4.79 Å². The van der Waals surface area contributed by atoms with Crippen LogP contribution in [0.1, 0.15) is 34.8 Å². The molecule has 1 atom stereocenters. The van der Waals surface area contributed by atoms with E-state index in [4.69, 9.17) is 9.47 Å². The number of aliphatic carboxylic acids is 1. The summed E-state index contributed by atoms with van der Waals surface area (Å²) in [4.78, 5) is 33.7. The number of carbonyl (C=O) groups is 2. The number of nitrogens with zero attached hydrogens (tertiary/aromatic N) is 3. The maximum atomic E-state index is 12.6. The Bertz CT molecular complexity index is 1090. The molecule has 180 valence electrons. The van der Waals surface area contributed by atoms with Crippen molar-refractivity contribution in [3.05, 3.63) is 59.2 Å². The smallest absolute Gasteiger partial charge is 0.338 e. The highest BCUT2D eigenvalue weighted by molar-refractivity contribution is 6.05. The molecule has 2 aromatic rings. The second kappa shape index (κ2) is 9.95. The van der Waals surface area contributed by atoms with Crippen molar-refractivity contribution in [1.82, 2.24) is 9.80 Å². The lowest BCUT2D eigenvalue weighted by Crippen LogP contribution is -2.45. The third-order valence-electron chi connectivity index (χ3n) is 6.84. The molecule has 2 aromatic carbocycles. The summed E-state index contributed by atoms with van der Waals surface area (Å²) in [6.07, 6.45) is -0.155. The molecule has 0 saturated carbocycles. The first kappa shape index (κ1) is 23.9. The average molecular weight is 466 g/mol. The number of hydrogen-bond acceptors (Lipinski definition) is 7. The van der Waals surface area contributed by atoms with Crippen LogP contribution in [0.5, 0.6) is 5.75 Å². The van der Waals surface area contributed by atoms with Crippen molar-refractivity contribution in [2.45, 2.75) is 18.8 Å². The van der Waals surface area contributed by atoms with E-state index >= 15 is 0 Å². The summed E-state index contributed by atoms with van der Waals surface area (Å²) in [5, 5.41) is 9.77. The van der Waals surface area contributed by atoms with Crippen LogP contribution in [0.2, 0.25) is 0 Å². The summed E-state index contributed by atoms with van der Waals surface area (Å²) in [6, 6.07) is 12.5. The van der Waals surface area contributed by atoms with E-state index in [2.05, 4.69) is 21.8 Å². The highest BCUT2D eigenvalue weighted by Gasteiger charge is 2.45. The number of ether oxygens (including phenoxy) is 2. The van der Waals surface area contributed by atoms with E-state index in [1.807, 2.05) is 25.1 Å². The van der Waals surface area contributed by atoms with Gasteiger partial charge in [-0.2, -0.15) is 0 Å². The fourth-order valence-electron chi connectivity index (χ4n) is 4.78. The minimum atomic E-state index is -0.933. The molecule has 0 radical (unpaired) electrons. The molecule has 0 spiro atoms. The van der Waals surface area contributed by atoms with E-state index in [0.29, 0.717) is 30.2 Å². The van der Waals surface area contributed by atoms with Crippen LogP contribution in [-0.4, -0.2) is 86.0 Å². The summed E-state index contributed by atoms with van der Waals surface area (Å²) in [7, 11) is 3.68. The number of likely N-dealkylation sites (N-methyl/N-ethyl adjacent to an activating group) is 1. The van der Waals surface area contributed by atoms with E-state index < -0.39 is 11.4 Å². The molecular weight excluding hydrogens is 434 g/mol. The topological polar surface area (TPSA) is 91.7 Å². The van der Waals surface area contributed by atoms with Crippen LogP contribution in [0.3, 0.4) is 0 Å². The molecule has 2 heterocycles. The lowest BCUT2D eigenvalue weighted by Gasteiger charge is -2.32. The average Bonchev–Trinajstić information content (AvgIpc) is 3.11. The number of methoxy groups -OCH3 is 1. The van der Waals surface area contributed by atoms with Crippen LogP contribution in [0.4, 0.5) is 5.69 Å². The van der Waals surface area contributed by atoms with Crippen LogP contribution >= 0.6 is 0 Å². The van der Waals surface area contributed by atoms with Crippen LogP contribution in [-0.2, 0) is 14.9 Å². The summed E-state index contributed by atoms with van der Waals surface area (Å²) in [5.74, 6) is -0.677. The number of fused-ring (bicyclic) bond motifs is 1. The van der Waals surface area contributed by atoms with Crippen LogP contribution in [0.25, 0.3) is 0 Å². The standard InChI is InChI=1S/C26H31N3O5/c1-18-26(17-24(30)31,22-16-21(33-3)8-9-23(22)27-18)20-6-4-19(5-7-20)25(32)34-15-14-29-12-10-28(2)11-13-29/h4-9,16H,10-15,17H2,1-3H3,(H,30,31). The Hall–Kier alpha value is -3.23. The number of benzene rings is 2. The largest absolute Gasteiger partial charge is 0.497 e. The van der Waals surface area contributed by atoms with Gasteiger partial charge in [-0.15, -0.1) is 0 Å². The van der Waals surface area contributed by atoms with Crippen molar-refractivity contribution in [2.75, 3.05) is 53.5 Å². The summed E-state index contributed by atoms with van der Waals surface area (Å²) in [5.41, 5.74) is 2.48. The normalized spacial score (nSPS) is 20.5. The molecule has 4 rings (SSSR count). The third kappa shape index (κ3) is 4.69. The van der Waals surface area contributed by atoms with E-state index in [0.717, 1.165) is 43.0 Å². The molecular formula is C26H31N3O5. The van der Waals surface area contributed by atoms with E-state index in [1.54, 1.807) is 31.4 Å². The van der Waals surface area contributed by atoms with Gasteiger partial charge in [0.05, 0.1) is 30.2 Å². The van der Waals surface area contributed by atoms with Gasteiger partial charge in [0.25, 0.3) is 0 Å². The zero-order valence-corrected chi connectivity index (χ0v) is 19.9. The van der Waals surface area contributed by atoms with Gasteiger partial charge in [-0.05, 0) is 55.4 Å². The Balaban J connectivity index is 1.52. The Labute approximate surface area is 199 Å². The van der Waals surface area contributed by atoms with Gasteiger partial charge in [0, 0.05) is 38.4 Å². The Morgan fingerprint density at radius 2 is 1.79 bits per heavy atom. The molecule has 0 amide bonds. The van der Waals surface area contributed by atoms with Crippen LogP contribution in [0.15, 0.2) is 47.5 Å². The highest BCUT2D eigenvalue weighted by atomic mass is 16.5. The molecule has 2 aliphatic rings. The van der Waals surface area contributed by atoms with E-state index in [-0.39, 0.29) is 12.4 Å². The first-order chi connectivity index (χ1) is 16.3. The number of piperazine rings is 1. The van der Waals surface area contributed by atoms with E-state index in [1.165, 1.54) is 0 Å². The van der Waals surface area contributed by atoms with Crippen LogP contribution in [0, 0.1) is 0 Å². The maximum Gasteiger partial charge on any atom is 0.338 e. The molecule has 1 saturated heterocycles. The zero-order chi connectivity index (χ0) is 24.3. The second-order valence-corrected chi connectivity index (χ2v) is 8.91. The number of aliphatic imine (C=N–C) groups is 1. The fourth-order valence-corrected chi connectivity index (χ4v) is 4.78. The molecule has 0 aliphatic carbocycles. The van der Waals surface area contributed by atoms with Gasteiger partial charge < -0.3 is 19.5 Å². The highest BCUT2D eigenvalue weighted by Crippen LogP contribution is 2.48. The minimum Gasteiger partial charge on any atom is -0.497 e. The monoisotopic (exact) mass is 465 g/mol. The van der Waals surface area contributed by atoms with Gasteiger partial charge in [-0.1, -0.05) is 12.1 Å². The third-order valence-corrected chi connectivity index (χ3v) is 6.84. The van der Waals surface area contributed by atoms with Crippen molar-refractivity contribution in [3.8, 4) is 5.75 Å².